The fourth-order valence-electron chi connectivity index (χ4n) is 7.61. The molecule has 4 nitrogen and oxygen atoms in total. The molecule has 0 spiro atoms. The minimum Gasteiger partial charge on any atom is -0.456 e. The Balaban J connectivity index is 1.22. The zero-order chi connectivity index (χ0) is 33.7. The summed E-state index contributed by atoms with van der Waals surface area (Å²) < 4.78 is 6.44. The van der Waals surface area contributed by atoms with Crippen molar-refractivity contribution in [1.82, 2.24) is 15.0 Å². The highest BCUT2D eigenvalue weighted by Crippen LogP contribution is 2.44. The van der Waals surface area contributed by atoms with Crippen molar-refractivity contribution in [1.29, 1.82) is 0 Å². The highest BCUT2D eigenvalue weighted by molar-refractivity contribution is 6.16. The number of fused-ring (bicyclic) bond motifs is 5. The molecule has 1 aliphatic rings. The third-order valence-corrected chi connectivity index (χ3v) is 10.0. The van der Waals surface area contributed by atoms with E-state index in [2.05, 4.69) is 133 Å². The van der Waals surface area contributed by atoms with Gasteiger partial charge in [0.1, 0.15) is 11.2 Å². The number of rotatable bonds is 5. The zero-order valence-corrected chi connectivity index (χ0v) is 27.8. The van der Waals surface area contributed by atoms with Crippen molar-refractivity contribution < 1.29 is 4.42 Å². The van der Waals surface area contributed by atoms with E-state index in [4.69, 9.17) is 19.4 Å². The smallest absolute Gasteiger partial charge is 0.165 e. The van der Waals surface area contributed by atoms with Crippen LogP contribution in [0.15, 0.2) is 162 Å². The predicted octanol–water partition coefficient (Wildman–Crippen LogP) is 12.2. The van der Waals surface area contributed by atoms with Gasteiger partial charge in [-0.3, -0.25) is 0 Å². The number of nitrogens with zero attached hydrogens (tertiary/aromatic N) is 3. The van der Waals surface area contributed by atoms with Gasteiger partial charge in [0.2, 0.25) is 0 Å². The first kappa shape index (κ1) is 29.3. The molecule has 0 N–H and O–H groups in total. The molecule has 0 atom stereocenters. The van der Waals surface area contributed by atoms with E-state index in [1.54, 1.807) is 0 Å². The Bertz CT molecular complexity index is 2790. The van der Waals surface area contributed by atoms with Crippen LogP contribution in [-0.2, 0) is 6.42 Å². The Labute approximate surface area is 295 Å². The lowest BCUT2D eigenvalue weighted by molar-refractivity contribution is 0.669. The third kappa shape index (κ3) is 5.03. The van der Waals surface area contributed by atoms with Gasteiger partial charge in [-0.25, -0.2) is 15.0 Å². The lowest BCUT2D eigenvalue weighted by atomic mass is 9.89. The second-order valence-corrected chi connectivity index (χ2v) is 13.1. The third-order valence-electron chi connectivity index (χ3n) is 10.0. The number of hydrogen-bond donors (Lipinski definition) is 0. The van der Waals surface area contributed by atoms with E-state index < -0.39 is 0 Å². The van der Waals surface area contributed by atoms with Crippen LogP contribution in [0.2, 0.25) is 0 Å². The molecule has 0 saturated carbocycles. The van der Waals surface area contributed by atoms with Gasteiger partial charge < -0.3 is 4.42 Å². The maximum atomic E-state index is 6.44. The van der Waals surface area contributed by atoms with Crippen molar-refractivity contribution in [2.75, 3.05) is 0 Å². The number of furan rings is 1. The van der Waals surface area contributed by atoms with Crippen LogP contribution in [0.1, 0.15) is 17.5 Å². The molecule has 7 aromatic carbocycles. The molecule has 0 fully saturated rings. The van der Waals surface area contributed by atoms with Crippen molar-refractivity contribution in [3.05, 3.63) is 169 Å². The molecule has 2 heterocycles. The molecule has 240 valence electrons. The Kier molecular flexibility index (Phi) is 6.91. The minimum atomic E-state index is 0.604. The van der Waals surface area contributed by atoms with Crippen molar-refractivity contribution in [3.63, 3.8) is 0 Å². The summed E-state index contributed by atoms with van der Waals surface area (Å²) in [5.74, 6) is 1.85. The van der Waals surface area contributed by atoms with Crippen LogP contribution in [0, 0.1) is 0 Å². The summed E-state index contributed by atoms with van der Waals surface area (Å²) in [4.78, 5) is 15.6. The number of allylic oxidation sites excluding steroid dienone is 1. The van der Waals surface area contributed by atoms with E-state index >= 15 is 0 Å². The minimum absolute atomic E-state index is 0.604. The normalized spacial score (nSPS) is 12.5. The molecule has 4 heteroatoms. The first-order valence-corrected chi connectivity index (χ1v) is 17.4. The van der Waals surface area contributed by atoms with Crippen molar-refractivity contribution in [3.8, 4) is 56.4 Å². The molecule has 0 saturated heterocycles. The quantitative estimate of drug-likeness (QED) is 0.185. The molecule has 1 aliphatic carbocycles. The molecule has 9 aromatic rings. The summed E-state index contributed by atoms with van der Waals surface area (Å²) in [5, 5.41) is 4.36. The summed E-state index contributed by atoms with van der Waals surface area (Å²) in [6, 6.07) is 52.8. The van der Waals surface area contributed by atoms with Gasteiger partial charge in [-0.15, -0.1) is 0 Å². The average molecular weight is 654 g/mol. The molecule has 2 aromatic heterocycles. The molecule has 0 amide bonds. The highest BCUT2D eigenvalue weighted by atomic mass is 16.3. The van der Waals surface area contributed by atoms with Crippen molar-refractivity contribution in [2.45, 2.75) is 12.8 Å². The van der Waals surface area contributed by atoms with Crippen LogP contribution in [0.4, 0.5) is 0 Å². The highest BCUT2D eigenvalue weighted by Gasteiger charge is 2.23. The van der Waals surface area contributed by atoms with Gasteiger partial charge in [0, 0.05) is 27.5 Å². The lowest BCUT2D eigenvalue weighted by Crippen LogP contribution is -2.02. The van der Waals surface area contributed by atoms with E-state index in [0.29, 0.717) is 17.5 Å². The van der Waals surface area contributed by atoms with Gasteiger partial charge >= 0.3 is 0 Å². The van der Waals surface area contributed by atoms with Crippen molar-refractivity contribution >= 4 is 38.8 Å². The summed E-state index contributed by atoms with van der Waals surface area (Å²) in [6.07, 6.45) is 6.62. The molecular formula is C47H31N3O. The zero-order valence-electron chi connectivity index (χ0n) is 27.8. The molecule has 0 aliphatic heterocycles. The number of benzene rings is 7. The van der Waals surface area contributed by atoms with Gasteiger partial charge in [0.05, 0.1) is 0 Å². The molecular weight excluding hydrogens is 623 g/mol. The van der Waals surface area contributed by atoms with Gasteiger partial charge in [0.15, 0.2) is 17.5 Å². The van der Waals surface area contributed by atoms with Crippen LogP contribution in [-0.4, -0.2) is 15.0 Å². The largest absolute Gasteiger partial charge is 0.456 e. The van der Waals surface area contributed by atoms with E-state index in [1.165, 1.54) is 33.0 Å². The summed E-state index contributed by atoms with van der Waals surface area (Å²) in [6.45, 7) is 0. The maximum Gasteiger partial charge on any atom is 0.165 e. The Morgan fingerprint density at radius 3 is 1.98 bits per heavy atom. The maximum absolute atomic E-state index is 6.44. The Morgan fingerprint density at radius 2 is 1.12 bits per heavy atom. The molecule has 10 rings (SSSR count). The van der Waals surface area contributed by atoms with Gasteiger partial charge in [-0.2, -0.15) is 0 Å². The summed E-state index contributed by atoms with van der Waals surface area (Å²) in [7, 11) is 0. The Morgan fingerprint density at radius 1 is 0.451 bits per heavy atom. The summed E-state index contributed by atoms with van der Waals surface area (Å²) in [5.41, 5.74) is 11.8. The van der Waals surface area contributed by atoms with Gasteiger partial charge in [-0.05, 0) is 75.2 Å². The van der Waals surface area contributed by atoms with Gasteiger partial charge in [-0.1, -0.05) is 146 Å². The van der Waals surface area contributed by atoms with E-state index in [-0.39, 0.29) is 0 Å². The SMILES string of the molecule is C1=Cc2cccc(-c3ccc(-c4nc(-c5ccccc5)nc(-c5c(-c6cccc7ccccc67)ccc6oc7ccccc7c56)n4)cc3)c2CC1. The van der Waals surface area contributed by atoms with E-state index in [1.807, 2.05) is 30.3 Å². The molecule has 51 heavy (non-hydrogen) atoms. The standard InChI is InChI=1S/C47H31N3O/c1-2-14-33(15-3-1)45-48-46(34-26-24-32(25-27-34)36-21-10-16-30-12-4-6-18-35(30)36)50-47(49-45)44-39(38-22-11-17-31-13-5-7-19-37(31)38)28-29-42-43(44)40-20-8-9-23-41(40)51-42/h1-5,7-17,19-29H,6,18H2. The summed E-state index contributed by atoms with van der Waals surface area (Å²) >= 11 is 0. The van der Waals surface area contributed by atoms with Crippen LogP contribution < -0.4 is 0 Å². The van der Waals surface area contributed by atoms with E-state index in [0.717, 1.165) is 62.6 Å². The molecule has 0 bridgehead atoms. The monoisotopic (exact) mass is 653 g/mol. The fourth-order valence-corrected chi connectivity index (χ4v) is 7.61. The number of hydrogen-bond acceptors (Lipinski definition) is 4. The Hall–Kier alpha value is -6.65. The molecule has 0 unspecified atom stereocenters. The second kappa shape index (κ2) is 12.0. The van der Waals surface area contributed by atoms with Crippen LogP contribution >= 0.6 is 0 Å². The first-order chi connectivity index (χ1) is 25.3. The predicted molar refractivity (Wildman–Crippen MR) is 209 cm³/mol. The molecule has 0 radical (unpaired) electrons. The van der Waals surface area contributed by atoms with E-state index in [9.17, 15) is 0 Å². The van der Waals surface area contributed by atoms with Gasteiger partial charge in [0.25, 0.3) is 0 Å². The van der Waals surface area contributed by atoms with Crippen LogP contribution in [0.25, 0.3) is 95.2 Å². The number of aromatic nitrogens is 3. The fraction of sp³-hybridized carbons (Fsp3) is 0.0426. The lowest BCUT2D eigenvalue weighted by Gasteiger charge is -2.16. The van der Waals surface area contributed by atoms with Crippen LogP contribution in [0.3, 0.4) is 0 Å². The number of para-hydroxylation sites is 1. The first-order valence-electron chi connectivity index (χ1n) is 17.4. The average Bonchev–Trinajstić information content (AvgIpc) is 3.59. The second-order valence-electron chi connectivity index (χ2n) is 13.1. The van der Waals surface area contributed by atoms with Crippen molar-refractivity contribution in [2.24, 2.45) is 0 Å². The topological polar surface area (TPSA) is 51.8 Å². The van der Waals surface area contributed by atoms with Crippen LogP contribution in [0.5, 0.6) is 0 Å².